The normalized spacial score (nSPS) is 34.4. The van der Waals surface area contributed by atoms with Gasteiger partial charge in [0, 0.05) is 12.3 Å². The van der Waals surface area contributed by atoms with Gasteiger partial charge in [0.05, 0.1) is 0 Å². The van der Waals surface area contributed by atoms with Crippen LogP contribution in [0.5, 0.6) is 0 Å². The molecule has 12 heavy (non-hydrogen) atoms. The lowest BCUT2D eigenvalue weighted by molar-refractivity contribution is -0.123. The van der Waals surface area contributed by atoms with Crippen molar-refractivity contribution in [2.24, 2.45) is 5.92 Å². The summed E-state index contributed by atoms with van der Waals surface area (Å²) in [6.07, 6.45) is 3.21. The quantitative estimate of drug-likeness (QED) is 0.676. The topological polar surface area (TPSA) is 17.1 Å². The van der Waals surface area contributed by atoms with Gasteiger partial charge >= 0.3 is 0 Å². The monoisotopic (exact) mass is 240 g/mol. The Balaban J connectivity index is 2.57. The molecule has 4 unspecified atom stereocenters. The molecule has 1 fully saturated rings. The fourth-order valence-electron chi connectivity index (χ4n) is 1.65. The zero-order chi connectivity index (χ0) is 9.14. The number of carbonyl (C=O) groups is 1. The van der Waals surface area contributed by atoms with E-state index >= 15 is 0 Å². The summed E-state index contributed by atoms with van der Waals surface area (Å²) in [4.78, 5) is 11.4. The van der Waals surface area contributed by atoms with Crippen molar-refractivity contribution < 1.29 is 4.79 Å². The highest BCUT2D eigenvalue weighted by Crippen LogP contribution is 2.71. The largest absolute Gasteiger partial charge is 0.299 e. The van der Waals surface area contributed by atoms with Gasteiger partial charge in [-0.2, -0.15) is 0 Å². The van der Waals surface area contributed by atoms with Gasteiger partial charge in [0.2, 0.25) is 0 Å². The van der Waals surface area contributed by atoms with Gasteiger partial charge in [0.1, 0.15) is 5.78 Å². The van der Waals surface area contributed by atoms with Gasteiger partial charge in [-0.15, -0.1) is 17.9 Å². The second-order valence-corrected chi connectivity index (χ2v) is 12.9. The Morgan fingerprint density at radius 1 is 1.67 bits per heavy atom. The molecule has 1 nitrogen and oxygen atoms in total. The first kappa shape index (κ1) is 11.5. The molecule has 0 aromatic rings. The lowest BCUT2D eigenvalue weighted by atomic mass is 9.89. The van der Waals surface area contributed by atoms with Crippen LogP contribution in [0.3, 0.4) is 0 Å². The van der Waals surface area contributed by atoms with Crippen LogP contribution >= 0.6 is 33.1 Å². The van der Waals surface area contributed by atoms with Gasteiger partial charge in [-0.05, 0) is 18.5 Å². The molecule has 0 radical (unpaired) electrons. The Hall–Kier alpha value is 1.39. The van der Waals surface area contributed by atoms with E-state index in [0.29, 0.717) is 17.4 Å². The zero-order valence-electron chi connectivity index (χ0n) is 7.29. The Morgan fingerprint density at radius 3 is 2.92 bits per heavy atom. The molecule has 0 N–H and O–H groups in total. The van der Waals surface area contributed by atoms with Gasteiger partial charge < -0.3 is 0 Å². The third-order valence-electron chi connectivity index (χ3n) is 2.51. The number of Topliss-reactive ketones (excluding diaryl/α,β-unsaturated/α-hetero) is 1. The molecule has 1 aliphatic rings. The van der Waals surface area contributed by atoms with Crippen LogP contribution in [0.4, 0.5) is 0 Å². The highest BCUT2D eigenvalue weighted by atomic mass is 32.6. The predicted octanol–water partition coefficient (Wildman–Crippen LogP) is 3.40. The average Bonchev–Trinajstić information content (AvgIpc) is 2.08. The van der Waals surface area contributed by atoms with E-state index in [1.54, 1.807) is 0 Å². The molecule has 0 aromatic carbocycles. The molecule has 0 aliphatic heterocycles. The fraction of sp³-hybridized carbons (Fsp3) is 0.857. The molecule has 0 aromatic heterocycles. The summed E-state index contributed by atoms with van der Waals surface area (Å²) < 4.78 is 0. The highest BCUT2D eigenvalue weighted by Gasteiger charge is 2.30. The molecule has 0 amide bonds. The van der Waals surface area contributed by atoms with Crippen LogP contribution in [0.15, 0.2) is 0 Å². The number of ketones is 1. The summed E-state index contributed by atoms with van der Waals surface area (Å²) in [5, 5.41) is 0. The van der Waals surface area contributed by atoms with Crippen molar-refractivity contribution in [2.75, 3.05) is 0 Å². The Morgan fingerprint density at radius 2 is 2.33 bits per heavy atom. The van der Waals surface area contributed by atoms with Crippen LogP contribution in [0.25, 0.3) is 0 Å². The van der Waals surface area contributed by atoms with E-state index in [9.17, 15) is 4.79 Å². The minimum absolute atomic E-state index is 0.0241. The fourth-order valence-corrected chi connectivity index (χ4v) is 7.53. The van der Waals surface area contributed by atoms with Gasteiger partial charge in [-0.25, -0.2) is 0 Å². The van der Waals surface area contributed by atoms with Crippen molar-refractivity contribution in [3.8, 4) is 0 Å². The molecule has 1 aliphatic carbocycles. The highest BCUT2D eigenvalue weighted by molar-refractivity contribution is 8.61. The van der Waals surface area contributed by atoms with Crippen molar-refractivity contribution in [2.45, 2.75) is 31.8 Å². The molecular formula is C7H16OP4. The summed E-state index contributed by atoms with van der Waals surface area (Å²) in [5.74, 6) is 0.819. The van der Waals surface area contributed by atoms with E-state index in [1.165, 1.54) is 6.42 Å². The molecular weight excluding hydrogens is 224 g/mol. The summed E-state index contributed by atoms with van der Waals surface area (Å²) in [7, 11) is 6.72. The smallest absolute Gasteiger partial charge is 0.136 e. The Bertz CT molecular complexity index is 173. The minimum atomic E-state index is 0.0241. The summed E-state index contributed by atoms with van der Waals surface area (Å²) in [5.41, 5.74) is 0.682. The SMILES string of the molecule is C[C@H]1C(=O)CCC[C@@H]1P(P)PP. The first-order valence-electron chi connectivity index (χ1n) is 4.19. The maximum absolute atomic E-state index is 11.4. The predicted molar refractivity (Wildman–Crippen MR) is 66.5 cm³/mol. The van der Waals surface area contributed by atoms with Crippen LogP contribution in [-0.2, 0) is 4.79 Å². The molecule has 0 spiro atoms. The first-order valence-corrected chi connectivity index (χ1v) is 10.9. The maximum atomic E-state index is 11.4. The van der Waals surface area contributed by atoms with Gasteiger partial charge in [0.25, 0.3) is 0 Å². The van der Waals surface area contributed by atoms with Gasteiger partial charge in [0.15, 0.2) is 0 Å². The Labute approximate surface area is 81.8 Å². The van der Waals surface area contributed by atoms with E-state index < -0.39 is 0 Å². The van der Waals surface area contributed by atoms with Crippen LogP contribution in [-0.4, -0.2) is 11.4 Å². The average molecular weight is 240 g/mol. The molecule has 5 heteroatoms. The molecule has 6 atom stereocenters. The van der Waals surface area contributed by atoms with Crippen molar-refractivity contribution in [1.82, 2.24) is 0 Å². The second kappa shape index (κ2) is 5.32. The summed E-state index contributed by atoms with van der Waals surface area (Å²) >= 11 is 0. The van der Waals surface area contributed by atoms with Gasteiger partial charge in [-0.1, -0.05) is 22.2 Å². The standard InChI is InChI=1S/C7H16OP4/c1-5-6(8)3-2-4-7(5)12(10)11-9/h5,7,11H,2-4,9-10H2,1H3/t5-,7-,12?/m0/s1. The van der Waals surface area contributed by atoms with Crippen LogP contribution < -0.4 is 0 Å². The van der Waals surface area contributed by atoms with Crippen LogP contribution in [0, 0.1) is 5.92 Å². The lowest BCUT2D eigenvalue weighted by Crippen LogP contribution is -2.27. The number of carbonyl (C=O) groups excluding carboxylic acids is 1. The Kier molecular flexibility index (Phi) is 5.08. The number of hydrogen-bond acceptors (Lipinski definition) is 1. The van der Waals surface area contributed by atoms with Crippen molar-refractivity contribution in [3.05, 3.63) is 0 Å². The molecule has 0 heterocycles. The molecule has 1 saturated carbocycles. The summed E-state index contributed by atoms with van der Waals surface area (Å²) in [6, 6.07) is 0. The van der Waals surface area contributed by atoms with E-state index in [2.05, 4.69) is 24.8 Å². The van der Waals surface area contributed by atoms with Gasteiger partial charge in [-0.3, -0.25) is 4.79 Å². The molecule has 0 saturated heterocycles. The minimum Gasteiger partial charge on any atom is -0.299 e. The summed E-state index contributed by atoms with van der Waals surface area (Å²) in [6.45, 7) is 2.11. The lowest BCUT2D eigenvalue weighted by Gasteiger charge is -2.31. The number of hydrogen-bond donors (Lipinski definition) is 0. The van der Waals surface area contributed by atoms with Crippen LogP contribution in [0.2, 0.25) is 0 Å². The van der Waals surface area contributed by atoms with E-state index in [-0.39, 0.29) is 7.30 Å². The second-order valence-electron chi connectivity index (χ2n) is 3.25. The van der Waals surface area contributed by atoms with E-state index in [1.807, 2.05) is 0 Å². The number of rotatable bonds is 2. The van der Waals surface area contributed by atoms with Crippen LogP contribution in [0.1, 0.15) is 26.2 Å². The third kappa shape index (κ3) is 2.69. The third-order valence-corrected chi connectivity index (χ3v) is 14.0. The molecule has 0 bridgehead atoms. The van der Waals surface area contributed by atoms with Crippen molar-refractivity contribution >= 4 is 38.9 Å². The first-order chi connectivity index (χ1) is 5.66. The van der Waals surface area contributed by atoms with Crippen molar-refractivity contribution in [3.63, 3.8) is 0 Å². The van der Waals surface area contributed by atoms with Crippen molar-refractivity contribution in [1.29, 1.82) is 0 Å². The zero-order valence-corrected chi connectivity index (χ0v) is 11.5. The van der Waals surface area contributed by atoms with E-state index in [0.717, 1.165) is 20.8 Å². The molecule has 70 valence electrons. The molecule has 1 rings (SSSR count). The maximum Gasteiger partial charge on any atom is 0.136 e. The van der Waals surface area contributed by atoms with E-state index in [4.69, 9.17) is 0 Å².